The van der Waals surface area contributed by atoms with E-state index in [0.29, 0.717) is 49.7 Å². The molecule has 0 aromatic carbocycles. The van der Waals surface area contributed by atoms with Crippen molar-refractivity contribution in [1.82, 2.24) is 0 Å². The molecule has 0 unspecified atom stereocenters. The molecule has 0 radical (unpaired) electrons. The lowest BCUT2D eigenvalue weighted by atomic mass is 9.53. The summed E-state index contributed by atoms with van der Waals surface area (Å²) in [4.78, 5) is 57.1. The van der Waals surface area contributed by atoms with Crippen molar-refractivity contribution in [1.29, 1.82) is 0 Å². The van der Waals surface area contributed by atoms with Crippen LogP contribution in [0.1, 0.15) is 120 Å². The Balaban J connectivity index is 2.00. The molecular formula is C41H60O9. The topological polar surface area (TPSA) is 147 Å². The number of allylic oxidation sites excluding steroid dienone is 7. The van der Waals surface area contributed by atoms with Crippen LogP contribution in [0.4, 0.5) is 0 Å². The molecule has 2 aliphatic carbocycles. The van der Waals surface area contributed by atoms with Crippen molar-refractivity contribution in [2.45, 2.75) is 149 Å². The molecule has 9 nitrogen and oxygen atoms in total. The van der Waals surface area contributed by atoms with Crippen LogP contribution in [0.5, 0.6) is 0 Å². The van der Waals surface area contributed by atoms with Gasteiger partial charge in [-0.2, -0.15) is 0 Å². The second kappa shape index (κ2) is 15.5. The summed E-state index contributed by atoms with van der Waals surface area (Å²) < 4.78 is 11.9. The average molecular weight is 697 g/mol. The molecular weight excluding hydrogens is 636 g/mol. The molecule has 0 aromatic rings. The van der Waals surface area contributed by atoms with Crippen LogP contribution in [-0.4, -0.2) is 75.3 Å². The Labute approximate surface area is 298 Å². The van der Waals surface area contributed by atoms with Gasteiger partial charge in [-0.15, -0.1) is 0 Å². The van der Waals surface area contributed by atoms with Gasteiger partial charge in [-0.05, 0) is 110 Å². The van der Waals surface area contributed by atoms with Gasteiger partial charge in [0, 0.05) is 30.6 Å². The predicted molar refractivity (Wildman–Crippen MR) is 191 cm³/mol. The fourth-order valence-corrected chi connectivity index (χ4v) is 8.81. The number of ketones is 3. The SMILES string of the molecule is COC(=O)[C@]12CC(=O)[C@H](C(C)C)CC(=O)/C(C)=C\CC/C(C)=C\C(=O)[C@H]1CC(C)=C1C[C@H](O)[C@](C)(O)[C@H]3CC[C@](C)(O3)[C@@H](O)CC/C(C)=C/[C@@H]12. The van der Waals surface area contributed by atoms with E-state index in [1.54, 1.807) is 13.0 Å². The maximum atomic E-state index is 14.6. The van der Waals surface area contributed by atoms with E-state index in [2.05, 4.69) is 0 Å². The van der Waals surface area contributed by atoms with E-state index < -0.39 is 58.7 Å². The van der Waals surface area contributed by atoms with E-state index in [1.165, 1.54) is 14.0 Å². The average Bonchev–Trinajstić information content (AvgIpc) is 3.47. The fraction of sp³-hybridized carbons (Fsp3) is 0.707. The zero-order valence-corrected chi connectivity index (χ0v) is 31.6. The van der Waals surface area contributed by atoms with Crippen molar-refractivity contribution in [2.24, 2.45) is 29.1 Å². The van der Waals surface area contributed by atoms with E-state index in [0.717, 1.165) is 16.7 Å². The van der Waals surface area contributed by atoms with Crippen LogP contribution in [0, 0.1) is 29.1 Å². The van der Waals surface area contributed by atoms with Gasteiger partial charge in [-0.3, -0.25) is 19.2 Å². The number of ether oxygens (including phenoxy) is 2. The van der Waals surface area contributed by atoms with Crippen molar-refractivity contribution in [3.63, 3.8) is 0 Å². The minimum absolute atomic E-state index is 0.00952. The lowest BCUT2D eigenvalue weighted by molar-refractivity contribution is -0.188. The molecule has 0 aromatic heterocycles. The monoisotopic (exact) mass is 696 g/mol. The Morgan fingerprint density at radius 3 is 2.28 bits per heavy atom. The maximum absolute atomic E-state index is 14.6. The number of carbonyl (C=O) groups excluding carboxylic acids is 4. The Kier molecular flexibility index (Phi) is 12.4. The first-order valence-corrected chi connectivity index (χ1v) is 18.4. The van der Waals surface area contributed by atoms with E-state index in [-0.39, 0.29) is 49.0 Å². The maximum Gasteiger partial charge on any atom is 0.313 e. The van der Waals surface area contributed by atoms with Crippen LogP contribution in [-0.2, 0) is 28.7 Å². The zero-order valence-electron chi connectivity index (χ0n) is 31.6. The largest absolute Gasteiger partial charge is 0.469 e. The number of fused-ring (bicyclic) bond motifs is 5. The number of aliphatic hydroxyl groups is 3. The molecule has 0 spiro atoms. The Bertz CT molecular complexity index is 1480. The molecule has 4 rings (SSSR count). The number of aliphatic hydroxyl groups excluding tert-OH is 2. The first-order valence-electron chi connectivity index (χ1n) is 18.4. The number of esters is 1. The highest BCUT2D eigenvalue weighted by Crippen LogP contribution is 2.55. The summed E-state index contributed by atoms with van der Waals surface area (Å²) in [5.41, 5.74) is -0.648. The van der Waals surface area contributed by atoms with Crippen LogP contribution < -0.4 is 0 Å². The molecule has 0 saturated carbocycles. The third-order valence-corrected chi connectivity index (χ3v) is 12.4. The third-order valence-electron chi connectivity index (χ3n) is 12.4. The van der Waals surface area contributed by atoms with Gasteiger partial charge in [0.05, 0.1) is 36.4 Å². The zero-order chi connectivity index (χ0) is 37.3. The highest BCUT2D eigenvalue weighted by molar-refractivity contribution is 6.02. The molecule has 3 N–H and O–H groups in total. The molecule has 2 aliphatic heterocycles. The summed E-state index contributed by atoms with van der Waals surface area (Å²) in [6.07, 6.45) is 5.05. The van der Waals surface area contributed by atoms with Crippen molar-refractivity contribution in [2.75, 3.05) is 7.11 Å². The van der Waals surface area contributed by atoms with Crippen LogP contribution >= 0.6 is 0 Å². The van der Waals surface area contributed by atoms with E-state index >= 15 is 0 Å². The van der Waals surface area contributed by atoms with Crippen LogP contribution in [0.3, 0.4) is 0 Å². The molecule has 1 saturated heterocycles. The second-order valence-electron chi connectivity index (χ2n) is 16.5. The third kappa shape index (κ3) is 7.86. The molecule has 9 heteroatoms. The van der Waals surface area contributed by atoms with Gasteiger partial charge < -0.3 is 24.8 Å². The molecule has 1 fully saturated rings. The summed E-state index contributed by atoms with van der Waals surface area (Å²) in [6, 6.07) is 0. The summed E-state index contributed by atoms with van der Waals surface area (Å²) in [7, 11) is 1.26. The molecule has 2 bridgehead atoms. The molecule has 50 heavy (non-hydrogen) atoms. The Morgan fingerprint density at radius 1 is 0.960 bits per heavy atom. The van der Waals surface area contributed by atoms with Crippen LogP contribution in [0.25, 0.3) is 0 Å². The van der Waals surface area contributed by atoms with Gasteiger partial charge in [0.25, 0.3) is 0 Å². The number of methoxy groups -OCH3 is 1. The number of Topliss-reactive ketones (excluding diaryl/α,β-unsaturated/α-hetero) is 2. The summed E-state index contributed by atoms with van der Waals surface area (Å²) in [6.45, 7) is 14.5. The van der Waals surface area contributed by atoms with E-state index in [9.17, 15) is 34.5 Å². The number of hydrogen-bond donors (Lipinski definition) is 3. The highest BCUT2D eigenvalue weighted by atomic mass is 16.5. The van der Waals surface area contributed by atoms with Gasteiger partial charge in [-0.25, -0.2) is 0 Å². The summed E-state index contributed by atoms with van der Waals surface area (Å²) in [5, 5.41) is 35.0. The summed E-state index contributed by atoms with van der Waals surface area (Å²) in [5.74, 6) is -4.13. The molecule has 9 atom stereocenters. The van der Waals surface area contributed by atoms with Crippen LogP contribution in [0.15, 0.2) is 46.1 Å². The minimum atomic E-state index is -1.71. The highest BCUT2D eigenvalue weighted by Gasteiger charge is 2.60. The minimum Gasteiger partial charge on any atom is -0.469 e. The fourth-order valence-electron chi connectivity index (χ4n) is 8.81. The summed E-state index contributed by atoms with van der Waals surface area (Å²) >= 11 is 0. The predicted octanol–water partition coefficient (Wildman–Crippen LogP) is 6.09. The quantitative estimate of drug-likeness (QED) is 0.231. The smallest absolute Gasteiger partial charge is 0.313 e. The lowest BCUT2D eigenvalue weighted by Gasteiger charge is -2.48. The Morgan fingerprint density at radius 2 is 1.64 bits per heavy atom. The number of rotatable bonds is 2. The van der Waals surface area contributed by atoms with Gasteiger partial charge in [0.2, 0.25) is 0 Å². The van der Waals surface area contributed by atoms with Gasteiger partial charge in [-0.1, -0.05) is 48.3 Å². The second-order valence-corrected chi connectivity index (χ2v) is 16.5. The number of hydrogen-bond acceptors (Lipinski definition) is 9. The van der Waals surface area contributed by atoms with Crippen molar-refractivity contribution in [3.05, 3.63) is 46.1 Å². The van der Waals surface area contributed by atoms with E-state index in [4.69, 9.17) is 9.47 Å². The first kappa shape index (κ1) is 40.1. The van der Waals surface area contributed by atoms with Crippen molar-refractivity contribution < 1.29 is 44.0 Å². The Hall–Kier alpha value is -2.72. The lowest BCUT2D eigenvalue weighted by Crippen LogP contribution is -2.55. The molecule has 278 valence electrons. The van der Waals surface area contributed by atoms with Crippen LogP contribution in [0.2, 0.25) is 0 Å². The van der Waals surface area contributed by atoms with E-state index in [1.807, 2.05) is 53.7 Å². The molecule has 2 heterocycles. The van der Waals surface area contributed by atoms with Crippen molar-refractivity contribution in [3.8, 4) is 0 Å². The van der Waals surface area contributed by atoms with Crippen molar-refractivity contribution >= 4 is 23.3 Å². The molecule has 4 aliphatic rings. The standard InChI is InChI=1S/C41H60O9/c1-23(2)28-20-32(42)26(5)12-10-11-24(3)18-33(43)31-19-27(6)29-21-36(46)40(8,48)37-15-16-39(7,50-37)35(45)14-13-25(4)17-30(29)41(31,22-34(28)44)38(47)49-9/h12,17-18,23,28,30-31,35-37,45-46,48H,10-11,13-16,19-22H2,1-9H3/b24-18-,25-17+,26-12-/t28-,30-,31+,35-,36-,37+,39-,40-,41-/m0/s1. The molecule has 0 amide bonds. The normalized spacial score (nSPS) is 41.5. The van der Waals surface area contributed by atoms with Gasteiger partial charge in [0.1, 0.15) is 11.4 Å². The first-order chi connectivity index (χ1) is 23.3. The van der Waals surface area contributed by atoms with Gasteiger partial charge in [0.15, 0.2) is 11.6 Å². The van der Waals surface area contributed by atoms with Gasteiger partial charge >= 0.3 is 5.97 Å². The number of carbonyl (C=O) groups is 4.